The molecule has 0 amide bonds. The highest BCUT2D eigenvalue weighted by Crippen LogP contribution is 2.54. The fourth-order valence-corrected chi connectivity index (χ4v) is 4.20. The number of hydrogen-bond acceptors (Lipinski definition) is 2. The molecule has 3 aromatic carbocycles. The molecule has 0 radical (unpaired) electrons. The third-order valence-corrected chi connectivity index (χ3v) is 5.55. The third-order valence-electron chi connectivity index (χ3n) is 5.55. The van der Waals surface area contributed by atoms with Gasteiger partial charge in [0.05, 0.1) is 7.11 Å². The zero-order valence-electron chi connectivity index (χ0n) is 14.6. The Morgan fingerprint density at radius 2 is 1.60 bits per heavy atom. The van der Waals surface area contributed by atoms with Gasteiger partial charge in [0, 0.05) is 11.3 Å². The van der Waals surface area contributed by atoms with Crippen LogP contribution in [0.5, 0.6) is 11.5 Å². The molecule has 1 aliphatic carbocycles. The van der Waals surface area contributed by atoms with E-state index >= 15 is 0 Å². The summed E-state index contributed by atoms with van der Waals surface area (Å²) < 4.78 is 5.38. The summed E-state index contributed by atoms with van der Waals surface area (Å²) in [6, 6.07) is 25.1. The number of benzene rings is 3. The van der Waals surface area contributed by atoms with Crippen molar-refractivity contribution in [2.24, 2.45) is 0 Å². The lowest BCUT2D eigenvalue weighted by molar-refractivity contribution is 0.372. The van der Waals surface area contributed by atoms with Crippen LogP contribution in [0, 0.1) is 0 Å². The quantitative estimate of drug-likeness (QED) is 0.711. The fourth-order valence-electron chi connectivity index (χ4n) is 4.20. The first kappa shape index (κ1) is 15.8. The summed E-state index contributed by atoms with van der Waals surface area (Å²) in [7, 11) is 1.60. The molecule has 2 nitrogen and oxygen atoms in total. The first-order valence-corrected chi connectivity index (χ1v) is 8.65. The standard InChI is InChI=1S/C23H22O2/c1-23(17-11-7-4-8-12-17)15-19(16-9-5-3-6-10-16)18-13-22(25-2)21(24)14-20(18)23/h3-14,19,24H,15H2,1-2H3/t19-,23-/m0/s1. The second-order valence-electron chi connectivity index (χ2n) is 6.98. The minimum absolute atomic E-state index is 0.138. The zero-order valence-corrected chi connectivity index (χ0v) is 14.6. The van der Waals surface area contributed by atoms with Crippen molar-refractivity contribution in [1.29, 1.82) is 0 Å². The van der Waals surface area contributed by atoms with E-state index in [4.69, 9.17) is 4.74 Å². The van der Waals surface area contributed by atoms with Gasteiger partial charge in [-0.1, -0.05) is 67.6 Å². The summed E-state index contributed by atoms with van der Waals surface area (Å²) in [5.74, 6) is 1.03. The molecule has 2 heteroatoms. The number of ether oxygens (including phenoxy) is 1. The number of phenols is 1. The van der Waals surface area contributed by atoms with Crippen LogP contribution in [0.2, 0.25) is 0 Å². The maximum atomic E-state index is 10.4. The van der Waals surface area contributed by atoms with Crippen LogP contribution in [-0.4, -0.2) is 12.2 Å². The largest absolute Gasteiger partial charge is 0.504 e. The lowest BCUT2D eigenvalue weighted by atomic mass is 9.76. The van der Waals surface area contributed by atoms with E-state index in [1.807, 2.05) is 24.3 Å². The molecule has 0 bridgehead atoms. The first-order chi connectivity index (χ1) is 12.1. The molecule has 126 valence electrons. The molecule has 1 aliphatic rings. The van der Waals surface area contributed by atoms with Gasteiger partial charge in [-0.05, 0) is 40.8 Å². The number of rotatable bonds is 3. The van der Waals surface area contributed by atoms with Crippen LogP contribution in [-0.2, 0) is 5.41 Å². The molecule has 1 N–H and O–H groups in total. The summed E-state index contributed by atoms with van der Waals surface area (Å²) in [5.41, 5.74) is 4.87. The highest BCUT2D eigenvalue weighted by molar-refractivity contribution is 5.59. The normalized spacial score (nSPS) is 21.8. The van der Waals surface area contributed by atoms with Crippen molar-refractivity contribution >= 4 is 0 Å². The highest BCUT2D eigenvalue weighted by atomic mass is 16.5. The maximum absolute atomic E-state index is 10.4. The molecule has 0 unspecified atom stereocenters. The SMILES string of the molecule is COc1cc2c(cc1O)[C@](C)(c1ccccc1)C[C@H]2c1ccccc1. The van der Waals surface area contributed by atoms with Gasteiger partial charge in [-0.2, -0.15) is 0 Å². The van der Waals surface area contributed by atoms with E-state index < -0.39 is 0 Å². The minimum atomic E-state index is -0.138. The van der Waals surface area contributed by atoms with Crippen LogP contribution in [0.4, 0.5) is 0 Å². The predicted molar refractivity (Wildman–Crippen MR) is 100 cm³/mol. The Balaban J connectivity index is 1.93. The van der Waals surface area contributed by atoms with Gasteiger partial charge in [-0.25, -0.2) is 0 Å². The van der Waals surface area contributed by atoms with Gasteiger partial charge in [0.2, 0.25) is 0 Å². The first-order valence-electron chi connectivity index (χ1n) is 8.65. The molecule has 0 aliphatic heterocycles. The second-order valence-corrected chi connectivity index (χ2v) is 6.98. The van der Waals surface area contributed by atoms with Crippen molar-refractivity contribution in [3.63, 3.8) is 0 Å². The number of fused-ring (bicyclic) bond motifs is 1. The van der Waals surface area contributed by atoms with Crippen molar-refractivity contribution in [1.82, 2.24) is 0 Å². The van der Waals surface area contributed by atoms with Crippen LogP contribution in [0.1, 0.15) is 41.5 Å². The zero-order chi connectivity index (χ0) is 17.4. The van der Waals surface area contributed by atoms with E-state index in [1.54, 1.807) is 7.11 Å². The molecule has 0 saturated carbocycles. The molecule has 0 aromatic heterocycles. The van der Waals surface area contributed by atoms with E-state index in [0.29, 0.717) is 5.75 Å². The Morgan fingerprint density at radius 1 is 0.960 bits per heavy atom. The van der Waals surface area contributed by atoms with Crippen molar-refractivity contribution < 1.29 is 9.84 Å². The van der Waals surface area contributed by atoms with E-state index in [2.05, 4.69) is 55.5 Å². The summed E-state index contributed by atoms with van der Waals surface area (Å²) >= 11 is 0. The van der Waals surface area contributed by atoms with Crippen molar-refractivity contribution in [2.45, 2.75) is 24.7 Å². The Kier molecular flexibility index (Phi) is 3.76. The topological polar surface area (TPSA) is 29.5 Å². The Hall–Kier alpha value is -2.74. The molecule has 3 aromatic rings. The maximum Gasteiger partial charge on any atom is 0.160 e. The van der Waals surface area contributed by atoms with Crippen LogP contribution < -0.4 is 4.74 Å². The monoisotopic (exact) mass is 330 g/mol. The summed E-state index contributed by atoms with van der Waals surface area (Å²) in [4.78, 5) is 0. The molecule has 25 heavy (non-hydrogen) atoms. The number of phenolic OH excluding ortho intramolecular Hbond substituents is 1. The van der Waals surface area contributed by atoms with Crippen LogP contribution >= 0.6 is 0 Å². The lowest BCUT2D eigenvalue weighted by Gasteiger charge is -2.27. The smallest absolute Gasteiger partial charge is 0.160 e. The Labute approximate surface area is 148 Å². The number of hydrogen-bond donors (Lipinski definition) is 1. The average molecular weight is 330 g/mol. The molecule has 0 fully saturated rings. The summed E-state index contributed by atoms with van der Waals surface area (Å²) in [6.07, 6.45) is 0.975. The predicted octanol–water partition coefficient (Wildman–Crippen LogP) is 5.24. The van der Waals surface area contributed by atoms with Gasteiger partial charge in [-0.15, -0.1) is 0 Å². The van der Waals surface area contributed by atoms with Crippen molar-refractivity contribution in [3.05, 3.63) is 95.1 Å². The molecule has 2 atom stereocenters. The van der Waals surface area contributed by atoms with E-state index in [9.17, 15) is 5.11 Å². The van der Waals surface area contributed by atoms with Crippen molar-refractivity contribution in [3.8, 4) is 11.5 Å². The van der Waals surface area contributed by atoms with Crippen LogP contribution in [0.25, 0.3) is 0 Å². The molecule has 4 rings (SSSR count). The fraction of sp³-hybridized carbons (Fsp3) is 0.217. The third kappa shape index (κ3) is 2.49. The average Bonchev–Trinajstić information content (AvgIpc) is 2.96. The van der Waals surface area contributed by atoms with E-state index in [-0.39, 0.29) is 17.1 Å². The van der Waals surface area contributed by atoms with E-state index in [1.165, 1.54) is 22.3 Å². The molecular formula is C23H22O2. The van der Waals surface area contributed by atoms with Crippen LogP contribution in [0.3, 0.4) is 0 Å². The molecule has 0 heterocycles. The van der Waals surface area contributed by atoms with Gasteiger partial charge in [0.15, 0.2) is 11.5 Å². The second kappa shape index (κ2) is 5.96. The van der Waals surface area contributed by atoms with Gasteiger partial charge >= 0.3 is 0 Å². The molecular weight excluding hydrogens is 308 g/mol. The van der Waals surface area contributed by atoms with Gasteiger partial charge in [0.25, 0.3) is 0 Å². The van der Waals surface area contributed by atoms with Crippen molar-refractivity contribution in [2.75, 3.05) is 7.11 Å². The summed E-state index contributed by atoms with van der Waals surface area (Å²) in [5, 5.41) is 10.4. The number of methoxy groups -OCH3 is 1. The van der Waals surface area contributed by atoms with Gasteiger partial charge in [0.1, 0.15) is 0 Å². The van der Waals surface area contributed by atoms with Gasteiger partial charge in [-0.3, -0.25) is 0 Å². The number of aromatic hydroxyl groups is 1. The van der Waals surface area contributed by atoms with E-state index in [0.717, 1.165) is 6.42 Å². The molecule has 0 saturated heterocycles. The summed E-state index contributed by atoms with van der Waals surface area (Å²) in [6.45, 7) is 2.27. The Bertz CT molecular complexity index is 887. The highest BCUT2D eigenvalue weighted by Gasteiger charge is 2.42. The Morgan fingerprint density at radius 3 is 2.24 bits per heavy atom. The van der Waals surface area contributed by atoms with Gasteiger partial charge < -0.3 is 9.84 Å². The minimum Gasteiger partial charge on any atom is -0.504 e. The molecule has 0 spiro atoms. The lowest BCUT2D eigenvalue weighted by Crippen LogP contribution is -2.20. The van der Waals surface area contributed by atoms with Crippen LogP contribution in [0.15, 0.2) is 72.8 Å².